The molecule has 194 valence electrons. The maximum atomic E-state index is 5.08. The lowest BCUT2D eigenvalue weighted by atomic mass is 10.1. The smallest absolute Gasteiger partial charge is 0.109 e. The van der Waals surface area contributed by atoms with Crippen LogP contribution in [-0.2, 0) is 9.47 Å². The number of para-hydroxylation sites is 1. The predicted octanol–water partition coefficient (Wildman–Crippen LogP) is 8.32. The van der Waals surface area contributed by atoms with Crippen molar-refractivity contribution in [1.82, 2.24) is 5.32 Å². The maximum Gasteiger partial charge on any atom is 0.109 e. The predicted molar refractivity (Wildman–Crippen MR) is 153 cm³/mol. The van der Waals surface area contributed by atoms with Gasteiger partial charge in [0.25, 0.3) is 0 Å². The molecule has 0 spiro atoms. The van der Waals surface area contributed by atoms with Crippen LogP contribution in [0, 0.1) is 25.9 Å². The fourth-order valence-electron chi connectivity index (χ4n) is 2.71. The Bertz CT molecular complexity index is 714. The summed E-state index contributed by atoms with van der Waals surface area (Å²) in [6.07, 6.45) is 13.2. The molecule has 0 saturated heterocycles. The molecule has 4 heteroatoms. The van der Waals surface area contributed by atoms with Gasteiger partial charge in [-0.15, -0.1) is 0 Å². The number of ether oxygens (including phenoxy) is 2. The average molecular weight is 473 g/mol. The van der Waals surface area contributed by atoms with Gasteiger partial charge in [0, 0.05) is 19.6 Å². The van der Waals surface area contributed by atoms with Crippen LogP contribution in [0.2, 0.25) is 0 Å². The van der Waals surface area contributed by atoms with Crippen LogP contribution in [0.5, 0.6) is 0 Å². The van der Waals surface area contributed by atoms with Crippen molar-refractivity contribution in [2.45, 2.75) is 88.0 Å². The van der Waals surface area contributed by atoms with Gasteiger partial charge in [-0.25, -0.2) is 0 Å². The lowest BCUT2D eigenvalue weighted by Gasteiger charge is -2.08. The van der Waals surface area contributed by atoms with Crippen LogP contribution < -0.4 is 5.32 Å². The van der Waals surface area contributed by atoms with Crippen molar-refractivity contribution in [2.24, 2.45) is 4.99 Å². The van der Waals surface area contributed by atoms with Gasteiger partial charge in [-0.2, -0.15) is 0 Å². The van der Waals surface area contributed by atoms with E-state index >= 15 is 0 Å². The maximum absolute atomic E-state index is 5.08. The van der Waals surface area contributed by atoms with E-state index in [1.54, 1.807) is 14.0 Å². The summed E-state index contributed by atoms with van der Waals surface area (Å²) in [6.45, 7) is 20.6. The number of aryl methyl sites for hydroxylation is 2. The molecular weight excluding hydrogens is 420 g/mol. The van der Waals surface area contributed by atoms with Crippen molar-refractivity contribution in [1.29, 1.82) is 0 Å². The van der Waals surface area contributed by atoms with E-state index in [2.05, 4.69) is 92.0 Å². The van der Waals surface area contributed by atoms with E-state index in [1.165, 1.54) is 49.7 Å². The summed E-state index contributed by atoms with van der Waals surface area (Å²) >= 11 is 0. The molecule has 34 heavy (non-hydrogen) atoms. The summed E-state index contributed by atoms with van der Waals surface area (Å²) in [4.78, 5) is 4.28. The van der Waals surface area contributed by atoms with Crippen LogP contribution in [-0.4, -0.2) is 33.5 Å². The van der Waals surface area contributed by atoms with Gasteiger partial charge in [0.15, 0.2) is 0 Å². The summed E-state index contributed by atoms with van der Waals surface area (Å²) in [6, 6.07) is 6.21. The van der Waals surface area contributed by atoms with E-state index in [9.17, 15) is 0 Å². The highest BCUT2D eigenvalue weighted by Crippen LogP contribution is 2.22. The summed E-state index contributed by atoms with van der Waals surface area (Å²) in [5, 5.41) is 3.28. The van der Waals surface area contributed by atoms with Crippen molar-refractivity contribution < 1.29 is 9.47 Å². The van der Waals surface area contributed by atoms with Gasteiger partial charge in [-0.1, -0.05) is 63.5 Å². The van der Waals surface area contributed by atoms with Crippen LogP contribution in [0.3, 0.4) is 0 Å². The molecule has 0 fully saturated rings. The van der Waals surface area contributed by atoms with E-state index in [0.29, 0.717) is 0 Å². The van der Waals surface area contributed by atoms with Crippen LogP contribution in [0.4, 0.5) is 5.69 Å². The van der Waals surface area contributed by atoms with Gasteiger partial charge < -0.3 is 14.8 Å². The van der Waals surface area contributed by atoms with Gasteiger partial charge in [0.2, 0.25) is 0 Å². The summed E-state index contributed by atoms with van der Waals surface area (Å²) in [7, 11) is 3.26. The molecule has 0 atom stereocenters. The summed E-state index contributed by atoms with van der Waals surface area (Å²) in [5.41, 5.74) is 4.90. The third-order valence-corrected chi connectivity index (χ3v) is 4.26. The molecule has 1 N–H and O–H groups in total. The van der Waals surface area contributed by atoms with E-state index in [4.69, 9.17) is 4.74 Å². The van der Waals surface area contributed by atoms with Crippen LogP contribution in [0.1, 0.15) is 85.3 Å². The standard InChI is InChI=1S/C10H13N.C8H12O.C6H15N.C4H6O.C2H6/c1-4-11-10-8(2)6-5-7-9(10)3;1-7-4-3-5-8(6-7)9-2;1-3-5-7-6-4-2;1-3-4-5-2;1-2/h4-7H,1-3H3;4,6H,3,5H2,1-2H3;7H,3-6H2,1-2H3;1-2H3;1-2H3. The molecule has 2 rings (SSSR count). The van der Waals surface area contributed by atoms with Crippen LogP contribution in [0.15, 0.2) is 46.7 Å². The molecule has 1 aromatic rings. The molecule has 0 heterocycles. The Hall–Kier alpha value is -2.51. The van der Waals surface area contributed by atoms with Gasteiger partial charge in [0.05, 0.1) is 25.7 Å². The SMILES string of the molecule is CC.CC#COC.CC=Nc1c(C)cccc1C.CCCNCCC.COC1=CC(C)=CCC1. The molecule has 0 saturated carbocycles. The molecular formula is C30H52N2O2. The number of hydrogen-bond donors (Lipinski definition) is 1. The molecule has 1 aromatic carbocycles. The minimum absolute atomic E-state index is 1.06. The lowest BCUT2D eigenvalue weighted by Crippen LogP contribution is -2.14. The lowest BCUT2D eigenvalue weighted by molar-refractivity contribution is 0.276. The number of nitrogens with zero attached hydrogens (tertiary/aromatic N) is 1. The topological polar surface area (TPSA) is 42.8 Å². The molecule has 1 aliphatic carbocycles. The molecule has 0 radical (unpaired) electrons. The molecule has 0 aliphatic heterocycles. The highest BCUT2D eigenvalue weighted by atomic mass is 16.5. The Morgan fingerprint density at radius 3 is 1.91 bits per heavy atom. The number of rotatable bonds is 6. The highest BCUT2D eigenvalue weighted by Gasteiger charge is 2.00. The zero-order chi connectivity index (χ0) is 26.6. The number of allylic oxidation sites excluding steroid dienone is 4. The second-order valence-corrected chi connectivity index (χ2v) is 7.24. The molecule has 1 aliphatic rings. The fraction of sp³-hybridized carbons (Fsp3) is 0.567. The minimum Gasteiger partial charge on any atom is -0.501 e. The fourth-order valence-corrected chi connectivity index (χ4v) is 2.71. The van der Waals surface area contributed by atoms with Crippen molar-refractivity contribution in [3.05, 3.63) is 52.8 Å². The number of methoxy groups -OCH3 is 2. The Morgan fingerprint density at radius 1 is 1.03 bits per heavy atom. The Morgan fingerprint density at radius 2 is 1.59 bits per heavy atom. The number of aliphatic imine (C=N–C) groups is 1. The van der Waals surface area contributed by atoms with E-state index in [-0.39, 0.29) is 0 Å². The Balaban J connectivity index is -0.000000381. The number of hydrogen-bond acceptors (Lipinski definition) is 4. The van der Waals surface area contributed by atoms with Crippen LogP contribution in [0.25, 0.3) is 0 Å². The first-order valence-corrected chi connectivity index (χ1v) is 12.5. The monoisotopic (exact) mass is 472 g/mol. The number of benzene rings is 1. The third kappa shape index (κ3) is 22.7. The second kappa shape index (κ2) is 28.5. The molecule has 4 nitrogen and oxygen atoms in total. The summed E-state index contributed by atoms with van der Waals surface area (Å²) < 4.78 is 9.41. The number of nitrogens with one attached hydrogen (secondary N) is 1. The average Bonchev–Trinajstić information content (AvgIpc) is 2.85. The second-order valence-electron chi connectivity index (χ2n) is 7.24. The van der Waals surface area contributed by atoms with Crippen molar-refractivity contribution in [2.75, 3.05) is 27.3 Å². The van der Waals surface area contributed by atoms with Crippen molar-refractivity contribution in [3.8, 4) is 12.0 Å². The zero-order valence-corrected chi connectivity index (χ0v) is 24.0. The third-order valence-electron chi connectivity index (χ3n) is 4.26. The van der Waals surface area contributed by atoms with E-state index in [1.807, 2.05) is 27.0 Å². The minimum atomic E-state index is 1.06. The molecule has 0 aromatic heterocycles. The van der Waals surface area contributed by atoms with Gasteiger partial charge in [-0.05, 0) is 77.2 Å². The highest BCUT2D eigenvalue weighted by molar-refractivity contribution is 5.64. The van der Waals surface area contributed by atoms with Gasteiger partial charge in [-0.3, -0.25) is 4.99 Å². The Labute approximate surface area is 211 Å². The van der Waals surface area contributed by atoms with Gasteiger partial charge in [0.1, 0.15) is 6.11 Å². The van der Waals surface area contributed by atoms with Crippen LogP contribution >= 0.6 is 0 Å². The van der Waals surface area contributed by atoms with Crippen molar-refractivity contribution in [3.63, 3.8) is 0 Å². The van der Waals surface area contributed by atoms with Crippen molar-refractivity contribution >= 4 is 11.9 Å². The quantitative estimate of drug-likeness (QED) is 0.257. The first-order chi connectivity index (χ1) is 16.4. The van der Waals surface area contributed by atoms with Gasteiger partial charge >= 0.3 is 0 Å². The molecule has 0 bridgehead atoms. The summed E-state index contributed by atoms with van der Waals surface area (Å²) in [5.74, 6) is 3.65. The normalized spacial score (nSPS) is 11.1. The van der Waals surface area contributed by atoms with E-state index in [0.717, 1.165) is 24.3 Å². The van der Waals surface area contributed by atoms with E-state index < -0.39 is 0 Å². The first-order valence-electron chi connectivity index (χ1n) is 12.5. The first kappa shape index (κ1) is 36.1. The molecule has 0 unspecified atom stereocenters. The Kier molecular flexibility index (Phi) is 30.3. The largest absolute Gasteiger partial charge is 0.501 e. The molecule has 0 amide bonds. The zero-order valence-electron chi connectivity index (χ0n) is 24.0.